The van der Waals surface area contributed by atoms with Gasteiger partial charge in [-0.1, -0.05) is 25.4 Å². The van der Waals surface area contributed by atoms with E-state index in [2.05, 4.69) is 9.80 Å². The highest BCUT2D eigenvalue weighted by molar-refractivity contribution is 6.30. The quantitative estimate of drug-likeness (QED) is 0.784. The summed E-state index contributed by atoms with van der Waals surface area (Å²) >= 11 is 5.94. The van der Waals surface area contributed by atoms with Gasteiger partial charge < -0.3 is 4.90 Å². The lowest BCUT2D eigenvalue weighted by atomic mass is 9.86. The van der Waals surface area contributed by atoms with E-state index < -0.39 is 5.41 Å². The highest BCUT2D eigenvalue weighted by Gasteiger charge is 2.47. The predicted molar refractivity (Wildman–Crippen MR) is 95.0 cm³/mol. The molecule has 2 amide bonds. The number of nitrogens with zero attached hydrogens (tertiary/aromatic N) is 3. The fourth-order valence-electron chi connectivity index (χ4n) is 3.36. The average molecular weight is 350 g/mol. The molecule has 0 N–H and O–H groups in total. The van der Waals surface area contributed by atoms with E-state index in [4.69, 9.17) is 11.6 Å². The molecular weight excluding hydrogens is 326 g/mol. The van der Waals surface area contributed by atoms with E-state index >= 15 is 0 Å². The molecular formula is C18H24ClN3O2. The Balaban J connectivity index is 1.57. The van der Waals surface area contributed by atoms with E-state index in [-0.39, 0.29) is 11.8 Å². The Bertz CT molecular complexity index is 626. The van der Waals surface area contributed by atoms with Crippen molar-refractivity contribution in [3.05, 3.63) is 29.3 Å². The van der Waals surface area contributed by atoms with Crippen LogP contribution >= 0.6 is 11.6 Å². The lowest BCUT2D eigenvalue weighted by Gasteiger charge is -2.37. The first kappa shape index (κ1) is 17.2. The maximum Gasteiger partial charge on any atom is 0.236 e. The SMILES string of the molecule is CCC1(C)CC(=O)N(CN2CCN(c3ccc(Cl)cc3)CC2)C1=O. The van der Waals surface area contributed by atoms with Crippen molar-refractivity contribution in [3.63, 3.8) is 0 Å². The van der Waals surface area contributed by atoms with Gasteiger partial charge in [0.25, 0.3) is 0 Å². The van der Waals surface area contributed by atoms with Crippen LogP contribution in [-0.4, -0.2) is 54.5 Å². The number of carbonyl (C=O) groups is 2. The largest absolute Gasteiger partial charge is 0.369 e. The van der Waals surface area contributed by atoms with E-state index in [1.54, 1.807) is 0 Å². The van der Waals surface area contributed by atoms with E-state index in [9.17, 15) is 9.59 Å². The number of hydrogen-bond donors (Lipinski definition) is 0. The fourth-order valence-corrected chi connectivity index (χ4v) is 3.49. The molecule has 2 heterocycles. The Morgan fingerprint density at radius 1 is 1.08 bits per heavy atom. The number of benzene rings is 1. The van der Waals surface area contributed by atoms with Crippen LogP contribution in [0.2, 0.25) is 5.02 Å². The molecule has 1 aromatic carbocycles. The van der Waals surface area contributed by atoms with Crippen LogP contribution in [0.5, 0.6) is 0 Å². The number of imide groups is 1. The molecule has 2 fully saturated rings. The van der Waals surface area contributed by atoms with Crippen molar-refractivity contribution in [2.24, 2.45) is 5.41 Å². The van der Waals surface area contributed by atoms with Gasteiger partial charge in [0.2, 0.25) is 11.8 Å². The Labute approximate surface area is 148 Å². The highest BCUT2D eigenvalue weighted by Crippen LogP contribution is 2.35. The number of likely N-dealkylation sites (tertiary alicyclic amines) is 1. The van der Waals surface area contributed by atoms with Crippen LogP contribution in [-0.2, 0) is 9.59 Å². The van der Waals surface area contributed by atoms with Crippen LogP contribution in [0, 0.1) is 5.41 Å². The molecule has 2 saturated heterocycles. The third-order valence-electron chi connectivity index (χ3n) is 5.29. The van der Waals surface area contributed by atoms with Crippen molar-refractivity contribution < 1.29 is 9.59 Å². The molecule has 24 heavy (non-hydrogen) atoms. The van der Waals surface area contributed by atoms with Crippen molar-refractivity contribution in [3.8, 4) is 0 Å². The fraction of sp³-hybridized carbons (Fsp3) is 0.556. The molecule has 0 aromatic heterocycles. The second kappa shape index (κ2) is 6.73. The molecule has 1 atom stereocenters. The van der Waals surface area contributed by atoms with Crippen LogP contribution < -0.4 is 4.90 Å². The Morgan fingerprint density at radius 2 is 1.71 bits per heavy atom. The standard InChI is InChI=1S/C18H24ClN3O2/c1-3-18(2)12-16(23)22(17(18)24)13-20-8-10-21(11-9-20)15-6-4-14(19)5-7-15/h4-7H,3,8-13H2,1-2H3. The van der Waals surface area contributed by atoms with E-state index in [1.165, 1.54) is 4.90 Å². The zero-order valence-corrected chi connectivity index (χ0v) is 15.1. The van der Waals surface area contributed by atoms with Crippen molar-refractivity contribution in [1.82, 2.24) is 9.80 Å². The molecule has 5 nitrogen and oxygen atoms in total. The van der Waals surface area contributed by atoms with Crippen LogP contribution in [0.4, 0.5) is 5.69 Å². The summed E-state index contributed by atoms with van der Waals surface area (Å²) < 4.78 is 0. The molecule has 6 heteroatoms. The van der Waals surface area contributed by atoms with Gasteiger partial charge >= 0.3 is 0 Å². The zero-order valence-electron chi connectivity index (χ0n) is 14.3. The van der Waals surface area contributed by atoms with Gasteiger partial charge in [0.05, 0.1) is 12.1 Å². The molecule has 0 saturated carbocycles. The highest BCUT2D eigenvalue weighted by atomic mass is 35.5. The predicted octanol–water partition coefficient (Wildman–Crippen LogP) is 2.59. The first-order chi connectivity index (χ1) is 11.4. The van der Waals surface area contributed by atoms with Crippen LogP contribution in [0.1, 0.15) is 26.7 Å². The minimum absolute atomic E-state index is 0.0184. The molecule has 0 spiro atoms. The number of carbonyl (C=O) groups excluding carboxylic acids is 2. The van der Waals surface area contributed by atoms with Crippen molar-refractivity contribution in [1.29, 1.82) is 0 Å². The average Bonchev–Trinajstić information content (AvgIpc) is 2.80. The maximum absolute atomic E-state index is 12.5. The molecule has 0 bridgehead atoms. The summed E-state index contributed by atoms with van der Waals surface area (Å²) in [5, 5.41) is 0.738. The zero-order chi connectivity index (χ0) is 17.3. The van der Waals surface area contributed by atoms with Gasteiger partial charge in [0.1, 0.15) is 0 Å². The van der Waals surface area contributed by atoms with Crippen LogP contribution in [0.3, 0.4) is 0 Å². The van der Waals surface area contributed by atoms with Gasteiger partial charge in [-0.25, -0.2) is 0 Å². The molecule has 2 aliphatic rings. The maximum atomic E-state index is 12.5. The van der Waals surface area contributed by atoms with Gasteiger partial charge in [-0.2, -0.15) is 0 Å². The summed E-state index contributed by atoms with van der Waals surface area (Å²) in [6.07, 6.45) is 1.05. The molecule has 0 radical (unpaired) electrons. The molecule has 2 aliphatic heterocycles. The summed E-state index contributed by atoms with van der Waals surface area (Å²) in [5.74, 6) is -0.0559. The normalized spacial score (nSPS) is 25.6. The van der Waals surface area contributed by atoms with Gasteiger partial charge in [-0.15, -0.1) is 0 Å². The van der Waals surface area contributed by atoms with Gasteiger partial charge in [-0.05, 0) is 30.7 Å². The third-order valence-corrected chi connectivity index (χ3v) is 5.54. The molecule has 130 valence electrons. The van der Waals surface area contributed by atoms with Gasteiger partial charge in [0.15, 0.2) is 0 Å². The monoisotopic (exact) mass is 349 g/mol. The number of amides is 2. The first-order valence-electron chi connectivity index (χ1n) is 8.50. The minimum Gasteiger partial charge on any atom is -0.369 e. The van der Waals surface area contributed by atoms with E-state index in [1.807, 2.05) is 38.1 Å². The van der Waals surface area contributed by atoms with Crippen LogP contribution in [0.25, 0.3) is 0 Å². The summed E-state index contributed by atoms with van der Waals surface area (Å²) in [5.41, 5.74) is 0.647. The van der Waals surface area contributed by atoms with E-state index in [0.29, 0.717) is 19.5 Å². The third kappa shape index (κ3) is 3.28. The summed E-state index contributed by atoms with van der Waals surface area (Å²) in [4.78, 5) is 30.7. The van der Waals surface area contributed by atoms with E-state index in [0.717, 1.165) is 36.9 Å². The molecule has 1 unspecified atom stereocenters. The Kier molecular flexibility index (Phi) is 4.83. The van der Waals surface area contributed by atoms with Crippen molar-refractivity contribution in [2.75, 3.05) is 37.7 Å². The molecule has 1 aromatic rings. The van der Waals surface area contributed by atoms with Crippen molar-refractivity contribution in [2.45, 2.75) is 26.7 Å². The lowest BCUT2D eigenvalue weighted by molar-refractivity contribution is -0.143. The van der Waals surface area contributed by atoms with Crippen molar-refractivity contribution >= 4 is 29.1 Å². The number of hydrogen-bond acceptors (Lipinski definition) is 4. The Morgan fingerprint density at radius 3 is 2.25 bits per heavy atom. The summed E-state index contributed by atoms with van der Waals surface area (Å²) in [7, 11) is 0. The molecule has 3 rings (SSSR count). The number of anilines is 1. The summed E-state index contributed by atoms with van der Waals surface area (Å²) in [6, 6.07) is 7.85. The number of piperazine rings is 1. The van der Waals surface area contributed by atoms with Gasteiger partial charge in [0, 0.05) is 43.3 Å². The second-order valence-electron chi connectivity index (χ2n) is 6.94. The number of rotatable bonds is 4. The first-order valence-corrected chi connectivity index (χ1v) is 8.88. The summed E-state index contributed by atoms with van der Waals surface area (Å²) in [6.45, 7) is 7.71. The Hall–Kier alpha value is -1.59. The lowest BCUT2D eigenvalue weighted by Crippen LogP contribution is -2.51. The second-order valence-corrected chi connectivity index (χ2v) is 7.38. The van der Waals surface area contributed by atoms with Crippen LogP contribution in [0.15, 0.2) is 24.3 Å². The topological polar surface area (TPSA) is 43.9 Å². The molecule has 0 aliphatic carbocycles. The smallest absolute Gasteiger partial charge is 0.236 e. The number of halogens is 1. The van der Waals surface area contributed by atoms with Gasteiger partial charge in [-0.3, -0.25) is 19.4 Å². The minimum atomic E-state index is -0.512.